The Labute approximate surface area is 108 Å². The van der Waals surface area contributed by atoms with E-state index < -0.39 is 0 Å². The van der Waals surface area contributed by atoms with E-state index in [-0.39, 0.29) is 11.2 Å². The SMILES string of the molecule is Cc1ccc(F)cc1CC1CC(C)CCC1Cl. The van der Waals surface area contributed by atoms with Crippen molar-refractivity contribution in [3.63, 3.8) is 0 Å². The van der Waals surface area contributed by atoms with Crippen molar-refractivity contribution in [1.29, 1.82) is 0 Å². The van der Waals surface area contributed by atoms with E-state index in [1.54, 1.807) is 6.07 Å². The van der Waals surface area contributed by atoms with E-state index in [1.807, 2.05) is 13.0 Å². The molecule has 1 aliphatic carbocycles. The molecular formula is C15H20ClF. The maximum atomic E-state index is 13.2. The van der Waals surface area contributed by atoms with E-state index in [0.29, 0.717) is 5.92 Å². The van der Waals surface area contributed by atoms with E-state index in [0.717, 1.165) is 24.3 Å². The van der Waals surface area contributed by atoms with Crippen LogP contribution in [0.1, 0.15) is 37.3 Å². The van der Waals surface area contributed by atoms with Crippen LogP contribution in [0.25, 0.3) is 0 Å². The number of benzene rings is 1. The number of hydrogen-bond donors (Lipinski definition) is 0. The molecular weight excluding hydrogens is 235 g/mol. The van der Waals surface area contributed by atoms with Crippen LogP contribution >= 0.6 is 11.6 Å². The molecule has 0 saturated heterocycles. The average Bonchev–Trinajstić information content (AvgIpc) is 2.28. The van der Waals surface area contributed by atoms with Crippen molar-refractivity contribution in [2.45, 2.75) is 44.9 Å². The molecule has 0 amide bonds. The van der Waals surface area contributed by atoms with Crippen LogP contribution in [0.15, 0.2) is 18.2 Å². The molecule has 3 unspecified atom stereocenters. The van der Waals surface area contributed by atoms with Crippen LogP contribution in [0.2, 0.25) is 0 Å². The number of rotatable bonds is 2. The Balaban J connectivity index is 2.11. The highest BCUT2D eigenvalue weighted by Gasteiger charge is 2.27. The molecule has 0 aromatic heterocycles. The molecule has 3 atom stereocenters. The first kappa shape index (κ1) is 12.9. The first-order valence-corrected chi connectivity index (χ1v) is 6.89. The fraction of sp³-hybridized carbons (Fsp3) is 0.600. The fourth-order valence-corrected chi connectivity index (χ4v) is 3.13. The zero-order chi connectivity index (χ0) is 12.4. The molecule has 0 heterocycles. The summed E-state index contributed by atoms with van der Waals surface area (Å²) in [4.78, 5) is 0. The maximum Gasteiger partial charge on any atom is 0.123 e. The van der Waals surface area contributed by atoms with Gasteiger partial charge in [-0.1, -0.05) is 13.0 Å². The van der Waals surface area contributed by atoms with E-state index in [2.05, 4.69) is 6.92 Å². The molecule has 0 nitrogen and oxygen atoms in total. The van der Waals surface area contributed by atoms with E-state index >= 15 is 0 Å². The van der Waals surface area contributed by atoms with E-state index in [4.69, 9.17) is 11.6 Å². The van der Waals surface area contributed by atoms with Crippen LogP contribution in [-0.4, -0.2) is 5.38 Å². The van der Waals surface area contributed by atoms with Gasteiger partial charge in [-0.05, 0) is 67.7 Å². The second kappa shape index (κ2) is 5.39. The minimum atomic E-state index is -0.138. The average molecular weight is 255 g/mol. The van der Waals surface area contributed by atoms with Gasteiger partial charge in [0.1, 0.15) is 5.82 Å². The molecule has 0 bridgehead atoms. The third-order valence-electron chi connectivity index (χ3n) is 3.95. The lowest BCUT2D eigenvalue weighted by Crippen LogP contribution is -2.26. The summed E-state index contributed by atoms with van der Waals surface area (Å²) in [6, 6.07) is 5.05. The topological polar surface area (TPSA) is 0 Å². The molecule has 1 fully saturated rings. The minimum Gasteiger partial charge on any atom is -0.207 e. The lowest BCUT2D eigenvalue weighted by atomic mass is 9.78. The predicted molar refractivity (Wildman–Crippen MR) is 71.0 cm³/mol. The quantitative estimate of drug-likeness (QED) is 0.670. The Bertz CT molecular complexity index is 389. The van der Waals surface area contributed by atoms with Crippen molar-refractivity contribution in [2.75, 3.05) is 0 Å². The molecule has 0 aliphatic heterocycles. The van der Waals surface area contributed by atoms with Crippen LogP contribution in [0.4, 0.5) is 4.39 Å². The van der Waals surface area contributed by atoms with Crippen LogP contribution < -0.4 is 0 Å². The second-order valence-corrected chi connectivity index (χ2v) is 6.03. The smallest absolute Gasteiger partial charge is 0.123 e. The lowest BCUT2D eigenvalue weighted by Gasteiger charge is -2.31. The van der Waals surface area contributed by atoms with Crippen molar-refractivity contribution in [3.05, 3.63) is 35.1 Å². The van der Waals surface area contributed by atoms with Gasteiger partial charge in [0, 0.05) is 5.38 Å². The fourth-order valence-electron chi connectivity index (χ4n) is 2.82. The first-order chi connectivity index (χ1) is 8.06. The molecule has 1 saturated carbocycles. The highest BCUT2D eigenvalue weighted by atomic mass is 35.5. The Kier molecular flexibility index (Phi) is 4.09. The molecule has 1 aromatic rings. The summed E-state index contributed by atoms with van der Waals surface area (Å²) in [5.41, 5.74) is 2.29. The number of alkyl halides is 1. The van der Waals surface area contributed by atoms with Crippen molar-refractivity contribution >= 4 is 11.6 Å². The summed E-state index contributed by atoms with van der Waals surface area (Å²) in [6.45, 7) is 4.33. The van der Waals surface area contributed by atoms with Crippen LogP contribution in [0.5, 0.6) is 0 Å². The number of halogens is 2. The van der Waals surface area contributed by atoms with Gasteiger partial charge in [0.25, 0.3) is 0 Å². The summed E-state index contributed by atoms with van der Waals surface area (Å²) < 4.78 is 13.2. The van der Waals surface area contributed by atoms with Gasteiger partial charge in [0.15, 0.2) is 0 Å². The summed E-state index contributed by atoms with van der Waals surface area (Å²) >= 11 is 6.40. The summed E-state index contributed by atoms with van der Waals surface area (Å²) in [6.07, 6.45) is 4.42. The Morgan fingerprint density at radius 1 is 1.35 bits per heavy atom. The normalized spacial score (nSPS) is 29.3. The molecule has 1 aliphatic rings. The molecule has 0 radical (unpaired) electrons. The lowest BCUT2D eigenvalue weighted by molar-refractivity contribution is 0.287. The zero-order valence-electron chi connectivity index (χ0n) is 10.5. The van der Waals surface area contributed by atoms with E-state index in [1.165, 1.54) is 24.5 Å². The van der Waals surface area contributed by atoms with Gasteiger partial charge in [-0.25, -0.2) is 4.39 Å². The molecule has 1 aromatic carbocycles. The monoisotopic (exact) mass is 254 g/mol. The van der Waals surface area contributed by atoms with Crippen LogP contribution in [0, 0.1) is 24.6 Å². The van der Waals surface area contributed by atoms with Gasteiger partial charge in [0.05, 0.1) is 0 Å². The molecule has 94 valence electrons. The second-order valence-electron chi connectivity index (χ2n) is 5.47. The van der Waals surface area contributed by atoms with Gasteiger partial charge in [-0.2, -0.15) is 0 Å². The zero-order valence-corrected chi connectivity index (χ0v) is 11.3. The van der Waals surface area contributed by atoms with Crippen molar-refractivity contribution in [1.82, 2.24) is 0 Å². The molecule has 0 N–H and O–H groups in total. The Morgan fingerprint density at radius 3 is 2.88 bits per heavy atom. The highest BCUT2D eigenvalue weighted by molar-refractivity contribution is 6.20. The summed E-state index contributed by atoms with van der Waals surface area (Å²) in [5, 5.41) is 0.258. The predicted octanol–water partition coefficient (Wildman–Crippen LogP) is 4.72. The van der Waals surface area contributed by atoms with Gasteiger partial charge >= 0.3 is 0 Å². The van der Waals surface area contributed by atoms with Crippen molar-refractivity contribution in [2.24, 2.45) is 11.8 Å². The maximum absolute atomic E-state index is 13.2. The third-order valence-corrected chi connectivity index (χ3v) is 4.52. The first-order valence-electron chi connectivity index (χ1n) is 6.45. The van der Waals surface area contributed by atoms with Crippen molar-refractivity contribution in [3.8, 4) is 0 Å². The van der Waals surface area contributed by atoms with Gasteiger partial charge in [-0.15, -0.1) is 11.6 Å². The molecule has 2 heteroatoms. The summed E-state index contributed by atoms with van der Waals surface area (Å²) in [5.74, 6) is 1.12. The molecule has 2 rings (SSSR count). The minimum absolute atomic E-state index is 0.138. The van der Waals surface area contributed by atoms with Crippen LogP contribution in [-0.2, 0) is 6.42 Å². The van der Waals surface area contributed by atoms with Gasteiger partial charge in [-0.3, -0.25) is 0 Å². The Hall–Kier alpha value is -0.560. The van der Waals surface area contributed by atoms with Gasteiger partial charge in [0.2, 0.25) is 0 Å². The number of aryl methyl sites for hydroxylation is 1. The Morgan fingerprint density at radius 2 is 2.12 bits per heavy atom. The largest absolute Gasteiger partial charge is 0.207 e. The molecule has 17 heavy (non-hydrogen) atoms. The van der Waals surface area contributed by atoms with Crippen molar-refractivity contribution < 1.29 is 4.39 Å². The number of hydrogen-bond acceptors (Lipinski definition) is 0. The highest BCUT2D eigenvalue weighted by Crippen LogP contribution is 2.35. The molecule has 0 spiro atoms. The summed E-state index contributed by atoms with van der Waals surface area (Å²) in [7, 11) is 0. The standard InChI is InChI=1S/C15H20ClF/c1-10-3-6-15(16)13(7-10)8-12-9-14(17)5-4-11(12)2/h4-5,9-10,13,15H,3,6-8H2,1-2H3. The third kappa shape index (κ3) is 3.22. The van der Waals surface area contributed by atoms with Gasteiger partial charge < -0.3 is 0 Å². The van der Waals surface area contributed by atoms with E-state index in [9.17, 15) is 4.39 Å². The van der Waals surface area contributed by atoms with Crippen LogP contribution in [0.3, 0.4) is 0 Å².